The molecule has 2 aromatic carbocycles. The van der Waals surface area contributed by atoms with Crippen molar-refractivity contribution in [2.24, 2.45) is 0 Å². The predicted octanol–water partition coefficient (Wildman–Crippen LogP) is 6.52. The lowest BCUT2D eigenvalue weighted by Gasteiger charge is -2.34. The van der Waals surface area contributed by atoms with Gasteiger partial charge in [-0.3, -0.25) is 4.72 Å². The number of methoxy groups -OCH3 is 1. The van der Waals surface area contributed by atoms with Crippen LogP contribution in [-0.2, 0) is 19.5 Å². The van der Waals surface area contributed by atoms with Crippen LogP contribution in [-0.4, -0.2) is 78.6 Å². The third-order valence-electron chi connectivity index (χ3n) is 7.62. The minimum atomic E-state index is -3.84. The highest BCUT2D eigenvalue weighted by atomic mass is 32.2. The number of anilines is 2. The van der Waals surface area contributed by atoms with Crippen molar-refractivity contribution in [3.63, 3.8) is 0 Å². The van der Waals surface area contributed by atoms with Gasteiger partial charge in [0, 0.05) is 56.0 Å². The third-order valence-corrected chi connectivity index (χ3v) is 8.97. The maximum atomic E-state index is 15.1. The highest BCUT2D eigenvalue weighted by molar-refractivity contribution is 7.92. The van der Waals surface area contributed by atoms with Crippen molar-refractivity contribution in [1.82, 2.24) is 19.9 Å². The van der Waals surface area contributed by atoms with Crippen LogP contribution in [0.4, 0.5) is 20.8 Å². The molecule has 4 aromatic rings. The van der Waals surface area contributed by atoms with E-state index in [9.17, 15) is 13.2 Å². The van der Waals surface area contributed by atoms with Crippen LogP contribution in [0.3, 0.4) is 0 Å². The number of hydrogen-bond acceptors (Lipinski definition) is 10. The Labute approximate surface area is 280 Å². The molecule has 1 amide bonds. The molecule has 5 rings (SSSR count). The molecule has 2 aromatic heterocycles. The Balaban J connectivity index is 1.40. The van der Waals surface area contributed by atoms with Crippen LogP contribution >= 0.6 is 0 Å². The molecule has 0 bridgehead atoms. The molecule has 0 spiro atoms. The van der Waals surface area contributed by atoms with E-state index in [1.54, 1.807) is 47.6 Å². The molecule has 1 aliphatic rings. The Morgan fingerprint density at radius 1 is 1.08 bits per heavy atom. The number of benzene rings is 2. The maximum Gasteiger partial charge on any atom is 0.410 e. The van der Waals surface area contributed by atoms with Crippen molar-refractivity contribution < 1.29 is 31.8 Å². The monoisotopic (exact) mass is 680 g/mol. The van der Waals surface area contributed by atoms with Crippen molar-refractivity contribution in [3.8, 4) is 22.9 Å². The van der Waals surface area contributed by atoms with Crippen LogP contribution in [0.25, 0.3) is 22.0 Å². The zero-order valence-corrected chi connectivity index (χ0v) is 28.6. The topological polar surface area (TPSA) is 145 Å². The van der Waals surface area contributed by atoms with Crippen molar-refractivity contribution in [2.45, 2.75) is 58.6 Å². The Morgan fingerprint density at radius 2 is 1.88 bits per heavy atom. The van der Waals surface area contributed by atoms with E-state index in [-0.39, 0.29) is 42.5 Å². The molecule has 1 saturated heterocycles. The molecular weight excluding hydrogens is 639 g/mol. The fourth-order valence-corrected chi connectivity index (χ4v) is 6.53. The highest BCUT2D eigenvalue weighted by Crippen LogP contribution is 2.39. The average Bonchev–Trinajstić information content (AvgIpc) is 3.03. The van der Waals surface area contributed by atoms with Crippen LogP contribution in [0.1, 0.15) is 45.6 Å². The molecule has 0 aliphatic carbocycles. The molecule has 1 atom stereocenters. The number of amides is 1. The van der Waals surface area contributed by atoms with Gasteiger partial charge in [-0.05, 0) is 82.9 Å². The molecule has 1 fully saturated rings. The van der Waals surface area contributed by atoms with Gasteiger partial charge in [-0.1, -0.05) is 12.1 Å². The molecule has 2 N–H and O–H groups in total. The Morgan fingerprint density at radius 3 is 2.65 bits per heavy atom. The van der Waals surface area contributed by atoms with Gasteiger partial charge < -0.3 is 24.4 Å². The molecule has 14 heteroatoms. The van der Waals surface area contributed by atoms with Crippen LogP contribution < -0.4 is 14.8 Å². The number of nitrogens with one attached hydrogen (secondary N) is 2. The minimum Gasteiger partial charge on any atom is -0.444 e. The van der Waals surface area contributed by atoms with Gasteiger partial charge >= 0.3 is 6.09 Å². The number of fused-ring (bicyclic) bond motifs is 1. The quantitative estimate of drug-likeness (QED) is 0.168. The molecule has 12 nitrogen and oxygen atoms in total. The SMILES string of the molecule is COCCCS(=O)(=O)Nc1c(F)ccc2c(Oc3ncccc3-c3ccnc(NC4CCCN(C(=O)OC(C)(C)C)C4)n3)c(C)ccc12. The summed E-state index contributed by atoms with van der Waals surface area (Å²) in [5.41, 5.74) is 1.12. The number of hydrogen-bond donors (Lipinski definition) is 2. The van der Waals surface area contributed by atoms with E-state index in [2.05, 4.69) is 20.0 Å². The number of aryl methyl sites for hydroxylation is 1. The lowest BCUT2D eigenvalue weighted by Crippen LogP contribution is -2.47. The third kappa shape index (κ3) is 8.66. The fraction of sp³-hybridized carbons (Fsp3) is 0.412. The normalized spacial score (nSPS) is 15.3. The van der Waals surface area contributed by atoms with Crippen molar-refractivity contribution >= 4 is 38.5 Å². The van der Waals surface area contributed by atoms with Gasteiger partial charge in [-0.25, -0.2) is 32.6 Å². The smallest absolute Gasteiger partial charge is 0.410 e. The number of halogens is 1. The first-order chi connectivity index (χ1) is 22.8. The van der Waals surface area contributed by atoms with Crippen LogP contribution in [0.2, 0.25) is 0 Å². The van der Waals surface area contributed by atoms with E-state index < -0.39 is 21.4 Å². The van der Waals surface area contributed by atoms with Crippen LogP contribution in [0.5, 0.6) is 11.6 Å². The van der Waals surface area contributed by atoms with Gasteiger partial charge in [0.05, 0.1) is 22.7 Å². The number of carbonyl (C=O) groups is 1. The van der Waals surface area contributed by atoms with Gasteiger partial charge in [0.2, 0.25) is 21.9 Å². The molecule has 1 aliphatic heterocycles. The summed E-state index contributed by atoms with van der Waals surface area (Å²) in [5, 5.41) is 4.19. The number of pyridine rings is 1. The van der Waals surface area contributed by atoms with Gasteiger partial charge in [-0.2, -0.15) is 0 Å². The molecule has 0 saturated carbocycles. The number of sulfonamides is 1. The van der Waals surface area contributed by atoms with E-state index in [1.807, 2.05) is 33.8 Å². The van der Waals surface area contributed by atoms with Crippen molar-refractivity contribution in [3.05, 3.63) is 66.2 Å². The first-order valence-corrected chi connectivity index (χ1v) is 17.4. The molecule has 0 radical (unpaired) electrons. The molecule has 3 heterocycles. The number of rotatable bonds is 11. The Bertz CT molecular complexity index is 1880. The van der Waals surface area contributed by atoms with Gasteiger partial charge in [0.15, 0.2) is 0 Å². The number of ether oxygens (including phenoxy) is 3. The van der Waals surface area contributed by atoms with Crippen LogP contribution in [0, 0.1) is 12.7 Å². The Kier molecular flexibility index (Phi) is 10.6. The van der Waals surface area contributed by atoms with Crippen LogP contribution in [0.15, 0.2) is 54.9 Å². The summed E-state index contributed by atoms with van der Waals surface area (Å²) in [6, 6.07) is 11.4. The highest BCUT2D eigenvalue weighted by Gasteiger charge is 2.28. The number of piperidine rings is 1. The Hall–Kier alpha value is -4.56. The maximum absolute atomic E-state index is 15.1. The summed E-state index contributed by atoms with van der Waals surface area (Å²) in [4.78, 5) is 28.0. The zero-order valence-electron chi connectivity index (χ0n) is 27.7. The second kappa shape index (κ2) is 14.7. The van der Waals surface area contributed by atoms with E-state index in [4.69, 9.17) is 19.2 Å². The average molecular weight is 681 g/mol. The van der Waals surface area contributed by atoms with Crippen molar-refractivity contribution in [2.75, 3.05) is 42.6 Å². The minimum absolute atomic E-state index is 0.0727. The zero-order chi connectivity index (χ0) is 34.5. The predicted molar refractivity (Wildman–Crippen MR) is 182 cm³/mol. The number of carbonyl (C=O) groups excluding carboxylic acids is 1. The second-order valence-electron chi connectivity index (χ2n) is 12.6. The number of aromatic nitrogens is 3. The van der Waals surface area contributed by atoms with E-state index in [0.29, 0.717) is 46.8 Å². The number of likely N-dealkylation sites (tertiary alicyclic amines) is 1. The standard InChI is InChI=1S/C34H41FN6O6S/c1-22-11-12-24-25(13-14-27(35)29(24)40-48(43,44)20-8-19-45-5)30(22)46-31-26(10-6-16-36-31)28-15-17-37-32(39-28)38-23-9-7-18-41(21-23)33(42)47-34(2,3)4/h6,10-17,23,40H,7-9,18-21H2,1-5H3,(H,37,38,39). The van der Waals surface area contributed by atoms with E-state index in [0.717, 1.165) is 18.4 Å². The molecule has 256 valence electrons. The number of nitrogens with zero attached hydrogens (tertiary/aromatic N) is 4. The largest absolute Gasteiger partial charge is 0.444 e. The summed E-state index contributed by atoms with van der Waals surface area (Å²) in [6.07, 6.45) is 4.78. The van der Waals surface area contributed by atoms with E-state index in [1.165, 1.54) is 13.2 Å². The van der Waals surface area contributed by atoms with E-state index >= 15 is 4.39 Å². The first-order valence-electron chi connectivity index (χ1n) is 15.8. The van der Waals surface area contributed by atoms with Gasteiger partial charge in [-0.15, -0.1) is 0 Å². The summed E-state index contributed by atoms with van der Waals surface area (Å²) in [6.45, 7) is 8.70. The molecule has 1 unspecified atom stereocenters. The summed E-state index contributed by atoms with van der Waals surface area (Å²) in [5.74, 6) is 0.0976. The lowest BCUT2D eigenvalue weighted by molar-refractivity contribution is 0.0206. The van der Waals surface area contributed by atoms with Crippen molar-refractivity contribution in [1.29, 1.82) is 0 Å². The summed E-state index contributed by atoms with van der Waals surface area (Å²) >= 11 is 0. The molecular formula is C34H41FN6O6S. The first kappa shape index (κ1) is 34.8. The summed E-state index contributed by atoms with van der Waals surface area (Å²) < 4.78 is 59.9. The van der Waals surface area contributed by atoms with Gasteiger partial charge in [0.1, 0.15) is 17.2 Å². The molecule has 48 heavy (non-hydrogen) atoms. The fourth-order valence-electron chi connectivity index (χ4n) is 5.41. The second-order valence-corrected chi connectivity index (χ2v) is 14.5. The lowest BCUT2D eigenvalue weighted by atomic mass is 10.0. The summed E-state index contributed by atoms with van der Waals surface area (Å²) in [7, 11) is -2.36. The van der Waals surface area contributed by atoms with Gasteiger partial charge in [0.25, 0.3) is 0 Å².